The number of halogens is 1. The number of ketones is 2. The Morgan fingerprint density at radius 2 is 1.97 bits per heavy atom. The summed E-state index contributed by atoms with van der Waals surface area (Å²) in [6.07, 6.45) is 3.94. The van der Waals surface area contributed by atoms with Crippen molar-refractivity contribution in [3.63, 3.8) is 0 Å². The number of fused-ring (bicyclic) bond motifs is 5. The second-order valence-corrected chi connectivity index (χ2v) is 12.4. The first-order valence-corrected chi connectivity index (χ1v) is 13.1. The minimum atomic E-state index is -4.18. The van der Waals surface area contributed by atoms with Crippen molar-refractivity contribution < 1.29 is 68.1 Å². The number of hydrogen-bond donors (Lipinski definition) is 2. The average Bonchev–Trinajstić information content (AvgIpc) is 2.89. The Morgan fingerprint density at radius 3 is 2.58 bits per heavy atom. The van der Waals surface area contributed by atoms with E-state index in [1.54, 1.807) is 26.8 Å². The van der Waals surface area contributed by atoms with Crippen LogP contribution in [-0.2, 0) is 14.1 Å². The van der Waals surface area contributed by atoms with Gasteiger partial charge in [-0.25, -0.2) is 8.91 Å². The van der Waals surface area contributed by atoms with Gasteiger partial charge in [-0.15, -0.1) is 0 Å². The predicted molar refractivity (Wildman–Crippen MR) is 112 cm³/mol. The number of carbonyl (C=O) groups excluding carboxylic acids is 2. The first-order valence-electron chi connectivity index (χ1n) is 11.1. The number of aliphatic hydroxyl groups is 2. The SMILES string of the molecule is C[C@@H]1CC2C3CCC4=CC(=O)C=CC4(C)[C@@]3(F)C(O)CC2(C)[C@@]1(O)C(=O)CO[P+](C)([O-])[O-].[Na+]. The summed E-state index contributed by atoms with van der Waals surface area (Å²) in [6.45, 7) is 5.16. The zero-order valence-corrected chi connectivity index (χ0v) is 22.7. The Bertz CT molecular complexity index is 919. The van der Waals surface area contributed by atoms with Gasteiger partial charge in [0, 0.05) is 24.7 Å². The molecule has 0 aliphatic heterocycles. The molecule has 0 heterocycles. The van der Waals surface area contributed by atoms with Crippen LogP contribution in [0.15, 0.2) is 23.8 Å². The largest absolute Gasteiger partial charge is 1.00 e. The van der Waals surface area contributed by atoms with Crippen LogP contribution in [0, 0.1) is 28.6 Å². The van der Waals surface area contributed by atoms with Crippen LogP contribution in [0.25, 0.3) is 0 Å². The number of carbonyl (C=O) groups is 2. The number of Topliss-reactive ketones (excluding diaryl/α,β-unsaturated/α-hetero) is 1. The molecule has 10 heteroatoms. The van der Waals surface area contributed by atoms with E-state index in [1.807, 2.05) is 0 Å². The molecule has 0 saturated heterocycles. The fraction of sp³-hybridized carbons (Fsp3) is 0.739. The molecule has 5 unspecified atom stereocenters. The molecule has 4 aliphatic carbocycles. The summed E-state index contributed by atoms with van der Waals surface area (Å²) in [5.74, 6) is -2.59. The van der Waals surface area contributed by atoms with E-state index >= 15 is 4.39 Å². The van der Waals surface area contributed by atoms with Crippen LogP contribution in [0.2, 0.25) is 0 Å². The van der Waals surface area contributed by atoms with E-state index in [0.717, 1.165) is 6.66 Å². The zero-order chi connectivity index (χ0) is 23.9. The van der Waals surface area contributed by atoms with Crippen LogP contribution >= 0.6 is 7.94 Å². The van der Waals surface area contributed by atoms with Gasteiger partial charge in [0.1, 0.15) is 5.60 Å². The van der Waals surface area contributed by atoms with Gasteiger partial charge in [0.15, 0.2) is 23.8 Å². The minimum absolute atomic E-state index is 0. The van der Waals surface area contributed by atoms with Crippen molar-refractivity contribution >= 4 is 19.5 Å². The summed E-state index contributed by atoms with van der Waals surface area (Å²) in [6, 6.07) is 0. The molecule has 8 atom stereocenters. The maximum Gasteiger partial charge on any atom is 1.00 e. The van der Waals surface area contributed by atoms with Gasteiger partial charge in [-0.1, -0.05) is 25.5 Å². The van der Waals surface area contributed by atoms with Gasteiger partial charge < -0.3 is 20.0 Å². The summed E-state index contributed by atoms with van der Waals surface area (Å²) < 4.78 is 21.7. The minimum Gasteiger partial charge on any atom is -0.660 e. The standard InChI is InChI=1S/C23H32FO7P.Na/c1-13-9-17-16-6-5-14-10-15(25)7-8-20(14,2)22(16,24)18(26)11-21(17,3)23(13,28)19(27)12-31-32(4,29)30;/h7-8,10,13,16-18,26,28H,5-6,9,11-12H2,1-4H3,(H,29,30);/q;+1/p-1/t13-,16?,17?,18?,20?,21?,22+,23+;/m1./s1. The maximum atomic E-state index is 17.0. The molecule has 0 amide bonds. The number of allylic oxidation sites excluding steroid dienone is 4. The first kappa shape index (κ1) is 27.6. The van der Waals surface area contributed by atoms with E-state index in [9.17, 15) is 29.6 Å². The van der Waals surface area contributed by atoms with Crippen molar-refractivity contribution in [3.05, 3.63) is 23.8 Å². The Hall–Kier alpha value is -0.0200. The van der Waals surface area contributed by atoms with Gasteiger partial charge in [-0.2, -0.15) is 0 Å². The molecule has 3 saturated carbocycles. The molecule has 0 spiro atoms. The molecule has 3 fully saturated rings. The van der Waals surface area contributed by atoms with Gasteiger partial charge in [0.05, 0.1) is 12.8 Å². The Balaban J connectivity index is 0.00000306. The van der Waals surface area contributed by atoms with Gasteiger partial charge in [-0.3, -0.25) is 9.59 Å². The third-order valence-corrected chi connectivity index (χ3v) is 9.68. The number of rotatable bonds is 4. The molecule has 0 aromatic rings. The molecule has 4 aliphatic rings. The monoisotopic (exact) mass is 492 g/mol. The van der Waals surface area contributed by atoms with Gasteiger partial charge in [0.2, 0.25) is 0 Å². The van der Waals surface area contributed by atoms with Crippen molar-refractivity contribution in [3.8, 4) is 0 Å². The van der Waals surface area contributed by atoms with E-state index in [2.05, 4.69) is 0 Å². The van der Waals surface area contributed by atoms with Crippen molar-refractivity contribution in [2.24, 2.45) is 28.6 Å². The van der Waals surface area contributed by atoms with Crippen LogP contribution in [0.5, 0.6) is 0 Å². The Morgan fingerprint density at radius 1 is 1.33 bits per heavy atom. The van der Waals surface area contributed by atoms with Crippen LogP contribution in [-0.4, -0.2) is 52.4 Å². The molecule has 7 nitrogen and oxygen atoms in total. The van der Waals surface area contributed by atoms with Crippen LogP contribution < -0.4 is 39.3 Å². The van der Waals surface area contributed by atoms with E-state index < -0.39 is 66.3 Å². The maximum absolute atomic E-state index is 17.0. The molecule has 2 N–H and O–H groups in total. The normalized spacial score (nSPS) is 46.6. The summed E-state index contributed by atoms with van der Waals surface area (Å²) >= 11 is 0. The van der Waals surface area contributed by atoms with E-state index in [-0.39, 0.29) is 41.8 Å². The molecular formula is C23H31FNaO7P. The summed E-state index contributed by atoms with van der Waals surface area (Å²) in [5, 5.41) is 22.9. The third kappa shape index (κ3) is 3.71. The second-order valence-electron chi connectivity index (χ2n) is 10.6. The second kappa shape index (κ2) is 8.53. The van der Waals surface area contributed by atoms with Crippen molar-refractivity contribution in [2.45, 2.75) is 63.8 Å². The van der Waals surface area contributed by atoms with Crippen molar-refractivity contribution in [1.29, 1.82) is 0 Å². The van der Waals surface area contributed by atoms with Crippen LogP contribution in [0.1, 0.15) is 46.5 Å². The smallest absolute Gasteiger partial charge is 0.660 e. The predicted octanol–water partition coefficient (Wildman–Crippen LogP) is -1.96. The van der Waals surface area contributed by atoms with Gasteiger partial charge in [-0.05, 0) is 56.6 Å². The quantitative estimate of drug-likeness (QED) is 0.344. The van der Waals surface area contributed by atoms with E-state index in [1.165, 1.54) is 12.2 Å². The van der Waals surface area contributed by atoms with E-state index in [4.69, 9.17) is 4.52 Å². The first-order chi connectivity index (χ1) is 14.6. The fourth-order valence-corrected chi connectivity index (χ4v) is 7.78. The van der Waals surface area contributed by atoms with Gasteiger partial charge in [0.25, 0.3) is 0 Å². The van der Waals surface area contributed by atoms with Gasteiger partial charge >= 0.3 is 29.6 Å². The third-order valence-electron chi connectivity index (χ3n) is 9.08. The average molecular weight is 492 g/mol. The van der Waals surface area contributed by atoms with Crippen LogP contribution in [0.3, 0.4) is 0 Å². The molecule has 0 aromatic heterocycles. The molecule has 4 rings (SSSR count). The molecule has 0 bridgehead atoms. The molecule has 0 radical (unpaired) electrons. The summed E-state index contributed by atoms with van der Waals surface area (Å²) in [4.78, 5) is 47.8. The molecule has 0 aromatic carbocycles. The summed E-state index contributed by atoms with van der Waals surface area (Å²) in [5.41, 5.74) is -5.66. The number of aliphatic hydroxyl groups excluding tert-OH is 1. The zero-order valence-electron chi connectivity index (χ0n) is 19.8. The molecular weight excluding hydrogens is 461 g/mol. The van der Waals surface area contributed by atoms with E-state index in [0.29, 0.717) is 24.8 Å². The fourth-order valence-electron chi connectivity index (χ4n) is 7.43. The Labute approximate surface area is 216 Å². The van der Waals surface area contributed by atoms with Crippen LogP contribution in [0.4, 0.5) is 4.39 Å². The van der Waals surface area contributed by atoms with Crippen molar-refractivity contribution in [2.75, 3.05) is 13.3 Å². The number of hydrogen-bond acceptors (Lipinski definition) is 7. The Kier molecular flexibility index (Phi) is 7.13. The molecule has 33 heavy (non-hydrogen) atoms. The molecule has 178 valence electrons. The van der Waals surface area contributed by atoms with Crippen molar-refractivity contribution in [1.82, 2.24) is 0 Å². The topological polar surface area (TPSA) is 130 Å². The number of alkyl halides is 1. The summed E-state index contributed by atoms with van der Waals surface area (Å²) in [7, 11) is -4.18.